The van der Waals surface area contributed by atoms with Crippen molar-refractivity contribution < 1.29 is 0 Å². The predicted molar refractivity (Wildman–Crippen MR) is 82.9 cm³/mol. The molecule has 1 fully saturated rings. The molecule has 1 saturated carbocycles. The molecule has 0 amide bonds. The lowest BCUT2D eigenvalue weighted by Crippen LogP contribution is -2.54. The Labute approximate surface area is 118 Å². The third-order valence-corrected chi connectivity index (χ3v) is 4.74. The zero-order valence-electron chi connectivity index (χ0n) is 12.1. The van der Waals surface area contributed by atoms with E-state index in [4.69, 9.17) is 5.73 Å². The maximum Gasteiger partial charge on any atom is 0.260 e. The van der Waals surface area contributed by atoms with Gasteiger partial charge in [-0.2, -0.15) is 0 Å². The summed E-state index contributed by atoms with van der Waals surface area (Å²) in [6.07, 6.45) is 3.47. The van der Waals surface area contributed by atoms with E-state index in [0.717, 1.165) is 23.6 Å². The first-order valence-corrected chi connectivity index (χ1v) is 7.09. The van der Waals surface area contributed by atoms with Crippen LogP contribution in [0.5, 0.6) is 0 Å². The fourth-order valence-electron chi connectivity index (χ4n) is 3.11. The summed E-state index contributed by atoms with van der Waals surface area (Å²) in [5, 5.41) is 1.66. The summed E-state index contributed by atoms with van der Waals surface area (Å²) in [5.41, 5.74) is 6.22. The molecule has 0 bridgehead atoms. The average molecular weight is 271 g/mol. The normalized spacial score (nSPS) is 17.4. The van der Waals surface area contributed by atoms with Crippen molar-refractivity contribution in [2.24, 2.45) is 0 Å². The smallest absolute Gasteiger partial charge is 0.260 e. The number of nitrogen functional groups attached to an aromatic ring is 1. The van der Waals surface area contributed by atoms with Gasteiger partial charge in [0.2, 0.25) is 0 Å². The van der Waals surface area contributed by atoms with Crippen molar-refractivity contribution in [3.05, 3.63) is 40.7 Å². The molecule has 3 rings (SSSR count). The number of nitrogens with zero attached hydrogens (tertiary/aromatic N) is 2. The lowest BCUT2D eigenvalue weighted by molar-refractivity contribution is 0.0422. The Morgan fingerprint density at radius 3 is 2.60 bits per heavy atom. The van der Waals surface area contributed by atoms with Crippen LogP contribution in [0.2, 0.25) is 0 Å². The van der Waals surface area contributed by atoms with Gasteiger partial charge in [-0.25, -0.2) is 0 Å². The molecule has 0 atom stereocenters. The number of hydrogen-bond acceptors (Lipinski definition) is 3. The highest BCUT2D eigenvalue weighted by molar-refractivity contribution is 5.83. The zero-order chi connectivity index (χ0) is 14.3. The van der Waals surface area contributed by atoms with Crippen molar-refractivity contribution in [1.82, 2.24) is 9.47 Å². The van der Waals surface area contributed by atoms with Crippen molar-refractivity contribution in [2.75, 3.05) is 19.8 Å². The molecular weight excluding hydrogens is 250 g/mol. The Hall–Kier alpha value is -1.81. The third kappa shape index (κ3) is 1.91. The van der Waals surface area contributed by atoms with E-state index in [0.29, 0.717) is 12.4 Å². The fourth-order valence-corrected chi connectivity index (χ4v) is 3.11. The van der Waals surface area contributed by atoms with Gasteiger partial charge in [-0.15, -0.1) is 0 Å². The Morgan fingerprint density at radius 2 is 2.00 bits per heavy atom. The maximum atomic E-state index is 12.7. The minimum atomic E-state index is 0.0220. The molecular formula is C16H21N3O. The summed E-state index contributed by atoms with van der Waals surface area (Å²) in [7, 11) is 4.17. The van der Waals surface area contributed by atoms with Gasteiger partial charge in [-0.05, 0) is 50.9 Å². The van der Waals surface area contributed by atoms with Crippen LogP contribution in [-0.4, -0.2) is 29.1 Å². The van der Waals surface area contributed by atoms with Gasteiger partial charge in [-0.1, -0.05) is 18.2 Å². The number of pyridine rings is 1. The molecule has 2 aromatic rings. The molecule has 0 aliphatic heterocycles. The number of aromatic nitrogens is 1. The van der Waals surface area contributed by atoms with E-state index < -0.39 is 0 Å². The molecule has 1 aromatic heterocycles. The second-order valence-electron chi connectivity index (χ2n) is 6.02. The summed E-state index contributed by atoms with van der Waals surface area (Å²) in [6, 6.07) is 9.53. The molecule has 0 unspecified atom stereocenters. The van der Waals surface area contributed by atoms with Crippen molar-refractivity contribution in [3.63, 3.8) is 0 Å². The molecule has 4 heteroatoms. The first-order valence-electron chi connectivity index (χ1n) is 7.09. The summed E-state index contributed by atoms with van der Waals surface area (Å²) in [6.45, 7) is 0.676. The van der Waals surface area contributed by atoms with Gasteiger partial charge in [0, 0.05) is 17.5 Å². The van der Waals surface area contributed by atoms with E-state index in [-0.39, 0.29) is 11.1 Å². The highest BCUT2D eigenvalue weighted by Gasteiger charge is 2.39. The van der Waals surface area contributed by atoms with E-state index in [1.54, 1.807) is 4.57 Å². The summed E-state index contributed by atoms with van der Waals surface area (Å²) >= 11 is 0. The van der Waals surface area contributed by atoms with Crippen LogP contribution in [0.25, 0.3) is 10.8 Å². The lowest BCUT2D eigenvalue weighted by atomic mass is 9.75. The van der Waals surface area contributed by atoms with Crippen molar-refractivity contribution in [2.45, 2.75) is 31.3 Å². The average Bonchev–Trinajstić information content (AvgIpc) is 2.36. The molecule has 1 heterocycles. The van der Waals surface area contributed by atoms with Gasteiger partial charge in [0.05, 0.1) is 0 Å². The van der Waals surface area contributed by atoms with Gasteiger partial charge < -0.3 is 10.6 Å². The Balaban J connectivity index is 2.10. The van der Waals surface area contributed by atoms with Gasteiger partial charge in [-0.3, -0.25) is 9.36 Å². The van der Waals surface area contributed by atoms with Crippen molar-refractivity contribution in [3.8, 4) is 0 Å². The van der Waals surface area contributed by atoms with Crippen LogP contribution in [-0.2, 0) is 6.54 Å². The standard InChI is InChI=1S/C16H21N3O/c1-18(2)16(8-5-9-16)11-19-14(17)10-12-6-3-4-7-13(12)15(19)20/h3-4,6-7,10H,5,8-9,11,17H2,1-2H3. The van der Waals surface area contributed by atoms with Gasteiger partial charge >= 0.3 is 0 Å². The van der Waals surface area contributed by atoms with Crippen molar-refractivity contribution >= 4 is 16.6 Å². The summed E-state index contributed by atoms with van der Waals surface area (Å²) < 4.78 is 1.74. The van der Waals surface area contributed by atoms with Crippen LogP contribution in [0.15, 0.2) is 35.1 Å². The molecule has 0 spiro atoms. The monoisotopic (exact) mass is 271 g/mol. The Kier molecular flexibility index (Phi) is 3.05. The number of likely N-dealkylation sites (N-methyl/N-ethyl adjacent to an activating group) is 1. The van der Waals surface area contributed by atoms with Crippen LogP contribution in [0, 0.1) is 0 Å². The molecule has 2 N–H and O–H groups in total. The third-order valence-electron chi connectivity index (χ3n) is 4.74. The zero-order valence-corrected chi connectivity index (χ0v) is 12.1. The van der Waals surface area contributed by atoms with Gasteiger partial charge in [0.1, 0.15) is 5.82 Å². The van der Waals surface area contributed by atoms with E-state index in [1.807, 2.05) is 30.3 Å². The van der Waals surface area contributed by atoms with Crippen LogP contribution in [0.4, 0.5) is 5.82 Å². The molecule has 1 aromatic carbocycles. The van der Waals surface area contributed by atoms with Crippen LogP contribution in [0.3, 0.4) is 0 Å². The quantitative estimate of drug-likeness (QED) is 0.929. The van der Waals surface area contributed by atoms with Crippen LogP contribution in [0.1, 0.15) is 19.3 Å². The Bertz CT molecular complexity index is 698. The largest absolute Gasteiger partial charge is 0.385 e. The molecule has 106 valence electrons. The SMILES string of the molecule is CN(C)C1(Cn2c(N)cc3ccccc3c2=O)CCC1. The number of nitrogens with two attached hydrogens (primary N) is 1. The molecule has 0 saturated heterocycles. The maximum absolute atomic E-state index is 12.7. The molecule has 1 aliphatic rings. The van der Waals surface area contributed by atoms with E-state index >= 15 is 0 Å². The fraction of sp³-hybridized carbons (Fsp3) is 0.438. The topological polar surface area (TPSA) is 51.3 Å². The number of fused-ring (bicyclic) bond motifs is 1. The lowest BCUT2D eigenvalue weighted by Gasteiger charge is -2.47. The highest BCUT2D eigenvalue weighted by atomic mass is 16.1. The first kappa shape index (κ1) is 13.2. The van der Waals surface area contributed by atoms with Crippen molar-refractivity contribution in [1.29, 1.82) is 0 Å². The molecule has 20 heavy (non-hydrogen) atoms. The minimum absolute atomic E-state index is 0.0220. The highest BCUT2D eigenvalue weighted by Crippen LogP contribution is 2.37. The van der Waals surface area contributed by atoms with E-state index in [2.05, 4.69) is 19.0 Å². The number of benzene rings is 1. The number of anilines is 1. The molecule has 4 nitrogen and oxygen atoms in total. The first-order chi connectivity index (χ1) is 9.53. The van der Waals surface area contributed by atoms with Crippen LogP contribution < -0.4 is 11.3 Å². The predicted octanol–water partition coefficient (Wildman–Crippen LogP) is 2.07. The van der Waals surface area contributed by atoms with Gasteiger partial charge in [0.15, 0.2) is 0 Å². The number of hydrogen-bond donors (Lipinski definition) is 1. The summed E-state index contributed by atoms with van der Waals surface area (Å²) in [4.78, 5) is 14.9. The Morgan fingerprint density at radius 1 is 1.30 bits per heavy atom. The summed E-state index contributed by atoms with van der Waals surface area (Å²) in [5.74, 6) is 0.557. The van der Waals surface area contributed by atoms with Crippen LogP contribution >= 0.6 is 0 Å². The molecule has 1 aliphatic carbocycles. The minimum Gasteiger partial charge on any atom is -0.385 e. The molecule has 0 radical (unpaired) electrons. The van der Waals surface area contributed by atoms with E-state index in [1.165, 1.54) is 6.42 Å². The number of rotatable bonds is 3. The van der Waals surface area contributed by atoms with Gasteiger partial charge in [0.25, 0.3) is 5.56 Å². The second-order valence-corrected chi connectivity index (χ2v) is 6.02. The van der Waals surface area contributed by atoms with E-state index in [9.17, 15) is 4.79 Å². The second kappa shape index (κ2) is 4.63.